The zero-order chi connectivity index (χ0) is 14.5. The molecule has 1 heterocycles. The molecule has 0 aliphatic carbocycles. The highest BCUT2D eigenvalue weighted by Gasteiger charge is 2.27. The number of morpholine rings is 1. The second kappa shape index (κ2) is 6.63. The first kappa shape index (κ1) is 14.7. The van der Waals surface area contributed by atoms with Gasteiger partial charge in [0.05, 0.1) is 19.2 Å². The Bertz CT molecular complexity index is 475. The molecule has 20 heavy (non-hydrogen) atoms. The van der Waals surface area contributed by atoms with E-state index in [1.807, 2.05) is 0 Å². The molecule has 1 fully saturated rings. The molecule has 0 spiro atoms. The highest BCUT2D eigenvalue weighted by molar-refractivity contribution is 5.82. The topological polar surface area (TPSA) is 55.6 Å². The molecule has 2 atom stereocenters. The van der Waals surface area contributed by atoms with Crippen LogP contribution in [0.15, 0.2) is 36.9 Å². The molecule has 2 unspecified atom stereocenters. The van der Waals surface area contributed by atoms with Crippen LogP contribution >= 0.6 is 0 Å². The van der Waals surface area contributed by atoms with E-state index in [9.17, 15) is 9.18 Å². The molecule has 0 saturated carbocycles. The van der Waals surface area contributed by atoms with Crippen molar-refractivity contribution in [2.24, 2.45) is 5.73 Å². The molecule has 1 aliphatic rings. The largest absolute Gasteiger partial charge is 0.370 e. The average molecular weight is 278 g/mol. The maximum Gasteiger partial charge on any atom is 0.239 e. The van der Waals surface area contributed by atoms with Crippen molar-refractivity contribution in [3.05, 3.63) is 48.3 Å². The van der Waals surface area contributed by atoms with Gasteiger partial charge in [0, 0.05) is 6.54 Å². The van der Waals surface area contributed by atoms with E-state index < -0.39 is 6.04 Å². The monoisotopic (exact) mass is 278 g/mol. The van der Waals surface area contributed by atoms with Gasteiger partial charge in [-0.05, 0) is 24.1 Å². The summed E-state index contributed by atoms with van der Waals surface area (Å²) < 4.78 is 18.6. The van der Waals surface area contributed by atoms with Gasteiger partial charge in [-0.25, -0.2) is 4.39 Å². The van der Waals surface area contributed by atoms with Crippen molar-refractivity contribution in [2.75, 3.05) is 19.7 Å². The standard InChI is InChI=1S/C15H19FN2O2/c1-2-3-13(17)15(19)18-8-9-20-14(10-18)11-4-6-12(16)7-5-11/h2,4-7,13-14H,1,3,8-10,17H2. The molecule has 0 radical (unpaired) electrons. The number of nitrogens with two attached hydrogens (primary N) is 1. The summed E-state index contributed by atoms with van der Waals surface area (Å²) in [5.74, 6) is -0.384. The fourth-order valence-electron chi connectivity index (χ4n) is 2.24. The number of hydrogen-bond acceptors (Lipinski definition) is 3. The van der Waals surface area contributed by atoms with Crippen molar-refractivity contribution < 1.29 is 13.9 Å². The number of halogens is 1. The van der Waals surface area contributed by atoms with Crippen molar-refractivity contribution in [2.45, 2.75) is 18.6 Å². The third kappa shape index (κ3) is 3.43. The van der Waals surface area contributed by atoms with Crippen molar-refractivity contribution in [1.29, 1.82) is 0 Å². The van der Waals surface area contributed by atoms with Gasteiger partial charge in [-0.15, -0.1) is 6.58 Å². The molecule has 2 N–H and O–H groups in total. The summed E-state index contributed by atoms with van der Waals surface area (Å²) >= 11 is 0. The fraction of sp³-hybridized carbons (Fsp3) is 0.400. The first-order chi connectivity index (χ1) is 9.61. The molecule has 1 saturated heterocycles. The van der Waals surface area contributed by atoms with E-state index in [1.165, 1.54) is 12.1 Å². The van der Waals surface area contributed by atoms with Gasteiger partial charge >= 0.3 is 0 Å². The van der Waals surface area contributed by atoms with E-state index >= 15 is 0 Å². The van der Waals surface area contributed by atoms with E-state index in [4.69, 9.17) is 10.5 Å². The summed E-state index contributed by atoms with van der Waals surface area (Å²) in [5, 5.41) is 0. The zero-order valence-electron chi connectivity index (χ0n) is 11.3. The lowest BCUT2D eigenvalue weighted by Gasteiger charge is -2.34. The van der Waals surface area contributed by atoms with Gasteiger partial charge < -0.3 is 15.4 Å². The molecule has 1 amide bonds. The first-order valence-electron chi connectivity index (χ1n) is 6.64. The highest BCUT2D eigenvalue weighted by atomic mass is 19.1. The van der Waals surface area contributed by atoms with Crippen LogP contribution < -0.4 is 5.73 Å². The lowest BCUT2D eigenvalue weighted by molar-refractivity contribution is -0.140. The number of benzene rings is 1. The molecule has 2 rings (SSSR count). The predicted octanol–water partition coefficient (Wildman–Crippen LogP) is 1.63. The maximum absolute atomic E-state index is 12.9. The quantitative estimate of drug-likeness (QED) is 0.852. The Morgan fingerprint density at radius 2 is 2.25 bits per heavy atom. The third-order valence-electron chi connectivity index (χ3n) is 3.36. The van der Waals surface area contributed by atoms with Crippen LogP contribution in [0.2, 0.25) is 0 Å². The van der Waals surface area contributed by atoms with Crippen LogP contribution in [0.1, 0.15) is 18.1 Å². The van der Waals surface area contributed by atoms with Gasteiger partial charge in [0.2, 0.25) is 5.91 Å². The number of carbonyl (C=O) groups is 1. The Morgan fingerprint density at radius 3 is 2.90 bits per heavy atom. The molecule has 108 valence electrons. The normalized spacial score (nSPS) is 20.5. The van der Waals surface area contributed by atoms with E-state index in [0.29, 0.717) is 26.1 Å². The number of amides is 1. The van der Waals surface area contributed by atoms with Crippen molar-refractivity contribution in [1.82, 2.24) is 4.90 Å². The summed E-state index contributed by atoms with van der Waals surface area (Å²) in [6, 6.07) is 5.58. The van der Waals surface area contributed by atoms with E-state index in [-0.39, 0.29) is 17.8 Å². The molecular formula is C15H19FN2O2. The van der Waals surface area contributed by atoms with E-state index in [1.54, 1.807) is 23.1 Å². The van der Waals surface area contributed by atoms with Gasteiger partial charge in [0.25, 0.3) is 0 Å². The van der Waals surface area contributed by atoms with Gasteiger partial charge in [-0.2, -0.15) is 0 Å². The fourth-order valence-corrected chi connectivity index (χ4v) is 2.24. The number of rotatable bonds is 4. The van der Waals surface area contributed by atoms with Crippen LogP contribution in [-0.2, 0) is 9.53 Å². The molecule has 1 aromatic rings. The van der Waals surface area contributed by atoms with Crippen LogP contribution in [-0.4, -0.2) is 36.5 Å². The van der Waals surface area contributed by atoms with Crippen LogP contribution in [0.25, 0.3) is 0 Å². The molecule has 5 heteroatoms. The zero-order valence-corrected chi connectivity index (χ0v) is 11.3. The summed E-state index contributed by atoms with van der Waals surface area (Å²) in [7, 11) is 0. The highest BCUT2D eigenvalue weighted by Crippen LogP contribution is 2.22. The number of nitrogens with zero attached hydrogens (tertiary/aromatic N) is 1. The Kier molecular flexibility index (Phi) is 4.87. The Labute approximate surface area is 118 Å². The smallest absolute Gasteiger partial charge is 0.239 e. The minimum Gasteiger partial charge on any atom is -0.370 e. The summed E-state index contributed by atoms with van der Waals surface area (Å²) in [6.45, 7) is 5.01. The van der Waals surface area contributed by atoms with Crippen LogP contribution in [0.4, 0.5) is 4.39 Å². The van der Waals surface area contributed by atoms with Crippen molar-refractivity contribution in [3.63, 3.8) is 0 Å². The predicted molar refractivity (Wildman–Crippen MR) is 74.5 cm³/mol. The summed E-state index contributed by atoms with van der Waals surface area (Å²) in [6.07, 6.45) is 1.86. The first-order valence-corrected chi connectivity index (χ1v) is 6.64. The van der Waals surface area contributed by atoms with E-state index in [0.717, 1.165) is 5.56 Å². The Hall–Kier alpha value is -1.72. The number of ether oxygens (including phenoxy) is 1. The average Bonchev–Trinajstić information content (AvgIpc) is 2.47. The maximum atomic E-state index is 12.9. The SMILES string of the molecule is C=CCC(N)C(=O)N1CCOC(c2ccc(F)cc2)C1. The van der Waals surface area contributed by atoms with Gasteiger partial charge in [-0.3, -0.25) is 4.79 Å². The lowest BCUT2D eigenvalue weighted by atomic mass is 10.1. The second-order valence-electron chi connectivity index (χ2n) is 4.83. The van der Waals surface area contributed by atoms with Crippen molar-refractivity contribution in [3.8, 4) is 0 Å². The van der Waals surface area contributed by atoms with Crippen molar-refractivity contribution >= 4 is 5.91 Å². The molecule has 0 bridgehead atoms. The molecule has 1 aliphatic heterocycles. The van der Waals surface area contributed by atoms with Crippen LogP contribution in [0, 0.1) is 5.82 Å². The minimum absolute atomic E-state index is 0.0969. The molecular weight excluding hydrogens is 259 g/mol. The molecule has 4 nitrogen and oxygen atoms in total. The minimum atomic E-state index is -0.556. The van der Waals surface area contributed by atoms with Gasteiger partial charge in [0.1, 0.15) is 11.9 Å². The number of carbonyl (C=O) groups excluding carboxylic acids is 1. The van der Waals surface area contributed by atoms with Gasteiger partial charge in [-0.1, -0.05) is 18.2 Å². The van der Waals surface area contributed by atoms with Crippen LogP contribution in [0.3, 0.4) is 0 Å². The van der Waals surface area contributed by atoms with Gasteiger partial charge in [0.15, 0.2) is 0 Å². The number of hydrogen-bond donors (Lipinski definition) is 1. The summed E-state index contributed by atoms with van der Waals surface area (Å²) in [5.41, 5.74) is 6.67. The second-order valence-corrected chi connectivity index (χ2v) is 4.83. The van der Waals surface area contributed by atoms with Crippen LogP contribution in [0.5, 0.6) is 0 Å². The van der Waals surface area contributed by atoms with E-state index in [2.05, 4.69) is 6.58 Å². The molecule has 0 aromatic heterocycles. The third-order valence-corrected chi connectivity index (χ3v) is 3.36. The summed E-state index contributed by atoms with van der Waals surface area (Å²) in [4.78, 5) is 13.9. The Balaban J connectivity index is 2.03. The molecule has 1 aromatic carbocycles. The lowest BCUT2D eigenvalue weighted by Crippen LogP contribution is -2.49. The Morgan fingerprint density at radius 1 is 1.55 bits per heavy atom.